The maximum Gasteiger partial charge on any atom is 0.337 e. The Labute approximate surface area is 196 Å². The van der Waals surface area contributed by atoms with Crippen molar-refractivity contribution in [2.75, 3.05) is 12.0 Å². The number of carbonyl (C=O) groups excluding carboxylic acids is 1. The number of nitrogens with zero attached hydrogens (tertiary/aromatic N) is 2. The summed E-state index contributed by atoms with van der Waals surface area (Å²) in [6.07, 6.45) is 1.78. The average molecular weight is 456 g/mol. The Bertz CT molecular complexity index is 1270. The number of furan rings is 1. The maximum atomic E-state index is 11.7. The van der Waals surface area contributed by atoms with E-state index in [1.807, 2.05) is 72.8 Å². The molecule has 0 aliphatic carbocycles. The van der Waals surface area contributed by atoms with Crippen LogP contribution in [-0.4, -0.2) is 23.2 Å². The number of hydrogen-bond acceptors (Lipinski definition) is 5. The van der Waals surface area contributed by atoms with Gasteiger partial charge < -0.3 is 19.4 Å². The molecule has 0 amide bonds. The van der Waals surface area contributed by atoms with Crippen molar-refractivity contribution in [3.63, 3.8) is 0 Å². The second-order valence-corrected chi connectivity index (χ2v) is 7.99. The molecule has 6 nitrogen and oxygen atoms in total. The van der Waals surface area contributed by atoms with Gasteiger partial charge in [-0.05, 0) is 60.7 Å². The van der Waals surface area contributed by atoms with E-state index in [0.717, 1.165) is 22.7 Å². The number of thiocarbonyl (C=S) groups is 1. The lowest BCUT2D eigenvalue weighted by Crippen LogP contribution is -2.29. The Balaban J connectivity index is 1.53. The van der Waals surface area contributed by atoms with Crippen molar-refractivity contribution in [2.24, 2.45) is 0 Å². The lowest BCUT2D eigenvalue weighted by Gasteiger charge is -2.26. The van der Waals surface area contributed by atoms with Gasteiger partial charge in [0.1, 0.15) is 17.6 Å². The summed E-state index contributed by atoms with van der Waals surface area (Å²) in [5.41, 5.74) is 3.20. The van der Waals surface area contributed by atoms with Crippen LogP contribution in [0.25, 0.3) is 11.3 Å². The summed E-state index contributed by atoms with van der Waals surface area (Å²) in [5.74, 6) is 1.09. The minimum atomic E-state index is -0.371. The predicted octanol–water partition coefficient (Wildman–Crippen LogP) is 5.31. The van der Waals surface area contributed by atoms with Gasteiger partial charge in [-0.1, -0.05) is 36.4 Å². The molecule has 0 saturated carbocycles. The topological polar surface area (TPSA) is 67.6 Å². The van der Waals surface area contributed by atoms with E-state index in [1.54, 1.807) is 18.3 Å². The summed E-state index contributed by atoms with van der Waals surface area (Å²) in [6, 6.07) is 26.5. The molecule has 0 bridgehead atoms. The first-order valence-electron chi connectivity index (χ1n) is 10.5. The van der Waals surface area contributed by atoms with E-state index < -0.39 is 0 Å². The van der Waals surface area contributed by atoms with Gasteiger partial charge in [0.05, 0.1) is 24.4 Å². The Hall–Kier alpha value is -3.97. The molecule has 1 aliphatic heterocycles. The van der Waals surface area contributed by atoms with Crippen LogP contribution in [0.3, 0.4) is 0 Å². The SMILES string of the molecule is COC(=O)c1ccc(-c2ccc([C@@H]3[C@@H](c4ccccn4)NC(=S)N3c3ccccc3)o2)cc1. The van der Waals surface area contributed by atoms with Crippen molar-refractivity contribution in [1.82, 2.24) is 10.3 Å². The van der Waals surface area contributed by atoms with Crippen LogP contribution in [0.1, 0.15) is 33.9 Å². The van der Waals surface area contributed by atoms with E-state index in [4.69, 9.17) is 21.4 Å². The minimum Gasteiger partial charge on any atom is -0.465 e. The molecular formula is C26H21N3O3S. The van der Waals surface area contributed by atoms with Crippen molar-refractivity contribution in [3.8, 4) is 11.3 Å². The van der Waals surface area contributed by atoms with E-state index in [9.17, 15) is 4.79 Å². The lowest BCUT2D eigenvalue weighted by atomic mass is 10.0. The third-order valence-electron chi connectivity index (χ3n) is 5.64. The van der Waals surface area contributed by atoms with Crippen LogP contribution in [0.5, 0.6) is 0 Å². The molecule has 1 saturated heterocycles. The van der Waals surface area contributed by atoms with Gasteiger partial charge in [0.2, 0.25) is 0 Å². The van der Waals surface area contributed by atoms with E-state index in [2.05, 4.69) is 15.2 Å². The summed E-state index contributed by atoms with van der Waals surface area (Å²) >= 11 is 5.73. The third kappa shape index (κ3) is 3.99. The molecule has 4 aromatic rings. The highest BCUT2D eigenvalue weighted by molar-refractivity contribution is 7.80. The number of carbonyl (C=O) groups is 1. The summed E-state index contributed by atoms with van der Waals surface area (Å²) in [6.45, 7) is 0. The zero-order chi connectivity index (χ0) is 22.8. The van der Waals surface area contributed by atoms with Gasteiger partial charge >= 0.3 is 5.97 Å². The predicted molar refractivity (Wildman–Crippen MR) is 130 cm³/mol. The highest BCUT2D eigenvalue weighted by Gasteiger charge is 2.42. The van der Waals surface area contributed by atoms with Gasteiger partial charge in [0.15, 0.2) is 5.11 Å². The van der Waals surface area contributed by atoms with E-state index >= 15 is 0 Å². The Kier molecular flexibility index (Phi) is 5.62. The second kappa shape index (κ2) is 8.88. The normalized spacial score (nSPS) is 17.6. The number of hydrogen-bond donors (Lipinski definition) is 1. The fraction of sp³-hybridized carbons (Fsp3) is 0.115. The fourth-order valence-electron chi connectivity index (χ4n) is 4.07. The number of anilines is 1. The van der Waals surface area contributed by atoms with E-state index in [0.29, 0.717) is 16.4 Å². The monoisotopic (exact) mass is 455 g/mol. The Morgan fingerprint density at radius 2 is 1.76 bits per heavy atom. The molecule has 7 heteroatoms. The largest absolute Gasteiger partial charge is 0.465 e. The quantitative estimate of drug-likeness (QED) is 0.323. The van der Waals surface area contributed by atoms with Crippen LogP contribution in [0.4, 0.5) is 5.69 Å². The molecule has 3 heterocycles. The fourth-order valence-corrected chi connectivity index (χ4v) is 4.41. The second-order valence-electron chi connectivity index (χ2n) is 7.60. The molecule has 5 rings (SSSR count). The first-order chi connectivity index (χ1) is 16.2. The van der Waals surface area contributed by atoms with Gasteiger partial charge in [-0.2, -0.15) is 0 Å². The van der Waals surface area contributed by atoms with Gasteiger partial charge in [-0.3, -0.25) is 4.98 Å². The van der Waals surface area contributed by atoms with Gasteiger partial charge in [0.25, 0.3) is 0 Å². The van der Waals surface area contributed by atoms with Crippen molar-refractivity contribution < 1.29 is 13.9 Å². The summed E-state index contributed by atoms with van der Waals surface area (Å²) in [4.78, 5) is 18.4. The van der Waals surface area contributed by atoms with Crippen LogP contribution < -0.4 is 10.2 Å². The molecule has 1 aliphatic rings. The van der Waals surface area contributed by atoms with Crippen molar-refractivity contribution >= 4 is 29.0 Å². The van der Waals surface area contributed by atoms with Crippen LogP contribution >= 0.6 is 12.2 Å². The summed E-state index contributed by atoms with van der Waals surface area (Å²) < 4.78 is 11.1. The van der Waals surface area contributed by atoms with Crippen LogP contribution in [0.2, 0.25) is 0 Å². The van der Waals surface area contributed by atoms with E-state index in [-0.39, 0.29) is 18.1 Å². The van der Waals surface area contributed by atoms with Crippen LogP contribution in [-0.2, 0) is 4.74 Å². The smallest absolute Gasteiger partial charge is 0.337 e. The molecule has 0 radical (unpaired) electrons. The maximum absolute atomic E-state index is 11.7. The van der Waals surface area contributed by atoms with E-state index in [1.165, 1.54) is 7.11 Å². The minimum absolute atomic E-state index is 0.181. The standard InChI is InChI=1S/C26H21N3O3S/c1-31-25(30)18-12-10-17(11-13-18)21-14-15-22(32-21)24-23(20-9-5-6-16-27-20)28-26(33)29(24)19-7-3-2-4-8-19/h2-16,23-24H,1H3,(H,28,33)/t23-,24-/m1/s1. The average Bonchev–Trinajstić information content (AvgIpc) is 3.49. The Morgan fingerprint density at radius 3 is 2.45 bits per heavy atom. The number of nitrogens with one attached hydrogen (secondary N) is 1. The molecule has 0 unspecified atom stereocenters. The van der Waals surface area contributed by atoms with Gasteiger partial charge in [0, 0.05) is 17.4 Å². The highest BCUT2D eigenvalue weighted by atomic mass is 32.1. The highest BCUT2D eigenvalue weighted by Crippen LogP contribution is 2.42. The third-order valence-corrected chi connectivity index (χ3v) is 5.96. The molecule has 2 aromatic carbocycles. The molecular weight excluding hydrogens is 434 g/mol. The van der Waals surface area contributed by atoms with Crippen LogP contribution in [0, 0.1) is 0 Å². The molecule has 1 fully saturated rings. The summed E-state index contributed by atoms with van der Waals surface area (Å²) in [7, 11) is 1.37. The molecule has 1 N–H and O–H groups in total. The molecule has 2 aromatic heterocycles. The summed E-state index contributed by atoms with van der Waals surface area (Å²) in [5, 5.41) is 4.04. The number of ether oxygens (including phenoxy) is 1. The number of para-hydroxylation sites is 1. The molecule has 0 spiro atoms. The number of methoxy groups -OCH3 is 1. The first-order valence-corrected chi connectivity index (χ1v) is 10.9. The van der Waals surface area contributed by atoms with Crippen molar-refractivity contribution in [3.05, 3.63) is 108 Å². The number of esters is 1. The van der Waals surface area contributed by atoms with Crippen molar-refractivity contribution in [2.45, 2.75) is 12.1 Å². The van der Waals surface area contributed by atoms with Crippen molar-refractivity contribution in [1.29, 1.82) is 0 Å². The molecule has 164 valence electrons. The zero-order valence-electron chi connectivity index (χ0n) is 17.8. The van der Waals surface area contributed by atoms with Gasteiger partial charge in [-0.25, -0.2) is 4.79 Å². The molecule has 2 atom stereocenters. The van der Waals surface area contributed by atoms with Crippen LogP contribution in [0.15, 0.2) is 95.5 Å². The number of benzene rings is 2. The number of rotatable bonds is 5. The van der Waals surface area contributed by atoms with Gasteiger partial charge in [-0.15, -0.1) is 0 Å². The first kappa shape index (κ1) is 20.9. The zero-order valence-corrected chi connectivity index (χ0v) is 18.7. The number of pyridine rings is 1. The number of aromatic nitrogens is 1. The molecule has 33 heavy (non-hydrogen) atoms. The Morgan fingerprint density at radius 1 is 1.00 bits per heavy atom. The lowest BCUT2D eigenvalue weighted by molar-refractivity contribution is 0.0600.